The molecule has 0 radical (unpaired) electrons. The van der Waals surface area contributed by atoms with Crippen LogP contribution in [0.2, 0.25) is 0 Å². The summed E-state index contributed by atoms with van der Waals surface area (Å²) >= 11 is 8.41. The molecule has 124 valence electrons. The molecule has 0 saturated heterocycles. The van der Waals surface area contributed by atoms with Gasteiger partial charge in [0.15, 0.2) is 0 Å². The molecule has 0 saturated carbocycles. The molecule has 1 N–H and O–H groups in total. The number of thiazole rings is 1. The van der Waals surface area contributed by atoms with Crippen LogP contribution in [0.1, 0.15) is 10.6 Å². The highest BCUT2D eigenvalue weighted by atomic mass is 79.9. The molecule has 0 aliphatic rings. The van der Waals surface area contributed by atoms with Gasteiger partial charge in [0, 0.05) is 26.1 Å². The molecule has 1 heterocycles. The first kappa shape index (κ1) is 17.9. The van der Waals surface area contributed by atoms with Crippen LogP contribution >= 0.6 is 43.2 Å². The number of aryl methyl sites for hydroxylation is 1. The molecule has 0 aliphatic carbocycles. The predicted molar refractivity (Wildman–Crippen MR) is 111 cm³/mol. The van der Waals surface area contributed by atoms with E-state index in [1.165, 1.54) is 16.9 Å². The van der Waals surface area contributed by atoms with Crippen molar-refractivity contribution >= 4 is 54.5 Å². The van der Waals surface area contributed by atoms with Gasteiger partial charge in [-0.3, -0.25) is 0 Å². The zero-order chi connectivity index (χ0) is 17.8. The standard InChI is InChI=1S/C19H13Br2N3S/c1-12-2-7-17(16(21)8-12)23-10-14(9-22)19-24-18(11-25-19)13-3-5-15(20)6-4-13/h2-8,10-11,23H,1H3. The highest BCUT2D eigenvalue weighted by molar-refractivity contribution is 9.10. The first-order chi connectivity index (χ1) is 12.1. The van der Waals surface area contributed by atoms with Crippen LogP contribution in [-0.2, 0) is 0 Å². The van der Waals surface area contributed by atoms with E-state index >= 15 is 0 Å². The van der Waals surface area contributed by atoms with Crippen molar-refractivity contribution in [2.24, 2.45) is 0 Å². The van der Waals surface area contributed by atoms with Crippen LogP contribution in [-0.4, -0.2) is 4.98 Å². The second-order valence-corrected chi connectivity index (χ2v) is 7.97. The van der Waals surface area contributed by atoms with Gasteiger partial charge in [-0.25, -0.2) is 4.98 Å². The van der Waals surface area contributed by atoms with Crippen LogP contribution in [0.4, 0.5) is 5.69 Å². The summed E-state index contributed by atoms with van der Waals surface area (Å²) < 4.78 is 1.98. The van der Waals surface area contributed by atoms with Gasteiger partial charge >= 0.3 is 0 Å². The minimum atomic E-state index is 0.501. The van der Waals surface area contributed by atoms with E-state index in [2.05, 4.69) is 48.2 Å². The van der Waals surface area contributed by atoms with Crippen molar-refractivity contribution in [1.29, 1.82) is 5.26 Å². The maximum absolute atomic E-state index is 9.48. The molecule has 3 aromatic rings. The van der Waals surface area contributed by atoms with Gasteiger partial charge in [0.1, 0.15) is 16.6 Å². The fourth-order valence-electron chi connectivity index (χ4n) is 2.18. The highest BCUT2D eigenvalue weighted by Crippen LogP contribution is 2.28. The first-order valence-electron chi connectivity index (χ1n) is 7.41. The number of aromatic nitrogens is 1. The fraction of sp³-hybridized carbons (Fsp3) is 0.0526. The van der Waals surface area contributed by atoms with Gasteiger partial charge in [-0.2, -0.15) is 5.26 Å². The molecule has 0 fully saturated rings. The van der Waals surface area contributed by atoms with Gasteiger partial charge in [-0.1, -0.05) is 34.1 Å². The maximum atomic E-state index is 9.48. The Morgan fingerprint density at radius 1 is 1.20 bits per heavy atom. The van der Waals surface area contributed by atoms with Gasteiger partial charge in [-0.05, 0) is 52.7 Å². The van der Waals surface area contributed by atoms with Crippen molar-refractivity contribution in [3.05, 3.63) is 73.6 Å². The number of nitrogens with zero attached hydrogens (tertiary/aromatic N) is 2. The topological polar surface area (TPSA) is 48.7 Å². The highest BCUT2D eigenvalue weighted by Gasteiger charge is 2.09. The maximum Gasteiger partial charge on any atom is 0.136 e. The number of benzene rings is 2. The monoisotopic (exact) mass is 473 g/mol. The lowest BCUT2D eigenvalue weighted by Crippen LogP contribution is -1.92. The number of hydrogen-bond acceptors (Lipinski definition) is 4. The summed E-state index contributed by atoms with van der Waals surface area (Å²) in [5, 5.41) is 15.3. The Balaban J connectivity index is 1.84. The van der Waals surface area contributed by atoms with Gasteiger partial charge < -0.3 is 5.32 Å². The van der Waals surface area contributed by atoms with Crippen LogP contribution in [0.3, 0.4) is 0 Å². The molecule has 6 heteroatoms. The third-order valence-corrected chi connectivity index (χ3v) is 5.55. The molecule has 0 unspecified atom stereocenters. The Labute approximate surface area is 167 Å². The molecule has 0 atom stereocenters. The van der Waals surface area contributed by atoms with Crippen LogP contribution in [0.5, 0.6) is 0 Å². The van der Waals surface area contributed by atoms with Crippen LogP contribution in [0, 0.1) is 18.3 Å². The lowest BCUT2D eigenvalue weighted by Gasteiger charge is -2.05. The Bertz CT molecular complexity index is 969. The average molecular weight is 475 g/mol. The van der Waals surface area contributed by atoms with Crippen LogP contribution in [0.25, 0.3) is 16.8 Å². The minimum Gasteiger partial charge on any atom is -0.359 e. The van der Waals surface area contributed by atoms with E-state index < -0.39 is 0 Å². The number of halogens is 2. The smallest absolute Gasteiger partial charge is 0.136 e. The average Bonchev–Trinajstić information content (AvgIpc) is 3.07. The summed E-state index contributed by atoms with van der Waals surface area (Å²) in [5.74, 6) is 0. The zero-order valence-electron chi connectivity index (χ0n) is 13.3. The zero-order valence-corrected chi connectivity index (χ0v) is 17.2. The summed E-state index contributed by atoms with van der Waals surface area (Å²) in [6.45, 7) is 2.03. The first-order valence-corrected chi connectivity index (χ1v) is 9.88. The molecule has 25 heavy (non-hydrogen) atoms. The number of nitriles is 1. The van der Waals surface area contributed by atoms with Crippen molar-refractivity contribution in [3.63, 3.8) is 0 Å². The van der Waals surface area contributed by atoms with E-state index in [0.29, 0.717) is 10.6 Å². The van der Waals surface area contributed by atoms with Crippen molar-refractivity contribution in [2.45, 2.75) is 6.92 Å². The van der Waals surface area contributed by atoms with E-state index in [-0.39, 0.29) is 0 Å². The summed E-state index contributed by atoms with van der Waals surface area (Å²) in [7, 11) is 0. The van der Waals surface area contributed by atoms with Gasteiger partial charge in [0.05, 0.1) is 11.4 Å². The molecule has 3 nitrogen and oxygen atoms in total. The third-order valence-electron chi connectivity index (χ3n) is 3.49. The molecule has 0 bridgehead atoms. The third kappa shape index (κ3) is 4.37. The molecule has 1 aromatic heterocycles. The minimum absolute atomic E-state index is 0.501. The summed E-state index contributed by atoms with van der Waals surface area (Å²) in [4.78, 5) is 4.59. The number of rotatable bonds is 4. The summed E-state index contributed by atoms with van der Waals surface area (Å²) in [5.41, 5.74) is 4.47. The fourth-order valence-corrected chi connectivity index (χ4v) is 3.85. The lowest BCUT2D eigenvalue weighted by molar-refractivity contribution is 1.36. The van der Waals surface area contributed by atoms with E-state index in [0.717, 1.165) is 25.9 Å². The number of nitrogens with one attached hydrogen (secondary N) is 1. The van der Waals surface area contributed by atoms with Gasteiger partial charge in [0.25, 0.3) is 0 Å². The van der Waals surface area contributed by atoms with Gasteiger partial charge in [-0.15, -0.1) is 11.3 Å². The van der Waals surface area contributed by atoms with Crippen LogP contribution < -0.4 is 5.32 Å². The molecule has 3 rings (SSSR count). The van der Waals surface area contributed by atoms with Crippen molar-refractivity contribution < 1.29 is 0 Å². The van der Waals surface area contributed by atoms with E-state index in [4.69, 9.17) is 0 Å². The molecule has 0 amide bonds. The summed E-state index contributed by atoms with van der Waals surface area (Å²) in [6.07, 6.45) is 1.69. The number of allylic oxidation sites excluding steroid dienone is 1. The SMILES string of the molecule is Cc1ccc(NC=C(C#N)c2nc(-c3ccc(Br)cc3)cs2)c(Br)c1. The Hall–Kier alpha value is -1.94. The normalized spacial score (nSPS) is 11.2. The second-order valence-electron chi connectivity index (χ2n) is 5.34. The van der Waals surface area contributed by atoms with Crippen LogP contribution in [0.15, 0.2) is 63.0 Å². The molecule has 2 aromatic carbocycles. The van der Waals surface area contributed by atoms with E-state index in [1.54, 1.807) is 6.20 Å². The molecule has 0 aliphatic heterocycles. The molecular formula is C19H13Br2N3S. The Morgan fingerprint density at radius 2 is 1.96 bits per heavy atom. The number of anilines is 1. The van der Waals surface area contributed by atoms with Gasteiger partial charge in [0.2, 0.25) is 0 Å². The molecular weight excluding hydrogens is 462 g/mol. The Kier molecular flexibility index (Phi) is 5.69. The predicted octanol–water partition coefficient (Wildman–Crippen LogP) is 6.62. The largest absolute Gasteiger partial charge is 0.359 e. The van der Waals surface area contributed by atoms with E-state index in [9.17, 15) is 5.26 Å². The van der Waals surface area contributed by atoms with E-state index in [1.807, 2.05) is 54.8 Å². The quantitative estimate of drug-likeness (QED) is 0.432. The van der Waals surface area contributed by atoms with Crippen molar-refractivity contribution in [1.82, 2.24) is 4.98 Å². The second kappa shape index (κ2) is 7.96. The lowest BCUT2D eigenvalue weighted by atomic mass is 10.2. The van der Waals surface area contributed by atoms with Crippen molar-refractivity contribution in [3.8, 4) is 17.3 Å². The number of hydrogen-bond donors (Lipinski definition) is 1. The summed E-state index contributed by atoms with van der Waals surface area (Å²) in [6, 6.07) is 16.2. The molecule has 0 spiro atoms. The Morgan fingerprint density at radius 3 is 2.64 bits per heavy atom. The van der Waals surface area contributed by atoms with Crippen molar-refractivity contribution in [2.75, 3.05) is 5.32 Å².